The van der Waals surface area contributed by atoms with E-state index in [1.165, 1.54) is 0 Å². The van der Waals surface area contributed by atoms with E-state index in [1.807, 2.05) is 12.1 Å². The fourth-order valence-electron chi connectivity index (χ4n) is 2.67. The van der Waals surface area contributed by atoms with Gasteiger partial charge in [-0.2, -0.15) is 0 Å². The summed E-state index contributed by atoms with van der Waals surface area (Å²) >= 11 is 1.66. The predicted molar refractivity (Wildman–Crippen MR) is 84.5 cm³/mol. The summed E-state index contributed by atoms with van der Waals surface area (Å²) in [4.78, 5) is 7.03. The van der Waals surface area contributed by atoms with Crippen molar-refractivity contribution in [3.63, 3.8) is 0 Å². The quantitative estimate of drug-likeness (QED) is 0.697. The van der Waals surface area contributed by atoms with Gasteiger partial charge in [-0.15, -0.1) is 0 Å². The minimum atomic E-state index is 0.307. The lowest BCUT2D eigenvalue weighted by Gasteiger charge is -2.41. The van der Waals surface area contributed by atoms with Gasteiger partial charge in [-0.3, -0.25) is 0 Å². The number of hydrogen-bond acceptors (Lipinski definition) is 4. The number of aromatic nitrogens is 1. The molecule has 0 atom stereocenters. The molecule has 1 fully saturated rings. The highest BCUT2D eigenvalue weighted by Crippen LogP contribution is 2.31. The Labute approximate surface area is 123 Å². The van der Waals surface area contributed by atoms with Crippen LogP contribution < -0.4 is 4.90 Å². The number of nitrogens with zero attached hydrogens (tertiary/aromatic N) is 3. The number of hydrogen-bond donors (Lipinski definition) is 1. The van der Waals surface area contributed by atoms with Crippen molar-refractivity contribution in [1.82, 2.24) is 4.98 Å². The molecule has 2 aromatic rings. The van der Waals surface area contributed by atoms with Crippen LogP contribution in [0.5, 0.6) is 5.75 Å². The van der Waals surface area contributed by atoms with Crippen molar-refractivity contribution in [2.24, 2.45) is 0 Å². The first kappa shape index (κ1) is 13.4. The molecule has 0 amide bonds. The van der Waals surface area contributed by atoms with Gasteiger partial charge in [0.15, 0.2) is 5.13 Å². The second-order valence-corrected chi connectivity index (χ2v) is 6.68. The molecule has 0 spiro atoms. The Balaban J connectivity index is 1.78. The molecule has 106 valence electrons. The number of piperazine rings is 1. The normalized spacial score (nSPS) is 18.4. The molecule has 2 heterocycles. The van der Waals surface area contributed by atoms with E-state index in [-0.39, 0.29) is 0 Å². The van der Waals surface area contributed by atoms with Crippen LogP contribution in [0, 0.1) is 0 Å². The number of phenols is 1. The average Bonchev–Trinajstić information content (AvgIpc) is 2.82. The van der Waals surface area contributed by atoms with Crippen LogP contribution in [0.4, 0.5) is 5.13 Å². The molecule has 0 bridgehead atoms. The van der Waals surface area contributed by atoms with Gasteiger partial charge in [0.05, 0.1) is 50.0 Å². The zero-order chi connectivity index (χ0) is 14.2. The summed E-state index contributed by atoms with van der Waals surface area (Å²) in [5, 5.41) is 10.6. The van der Waals surface area contributed by atoms with E-state index < -0.39 is 0 Å². The molecule has 1 aromatic carbocycles. The summed E-state index contributed by atoms with van der Waals surface area (Å²) in [5.74, 6) is 0.307. The zero-order valence-electron chi connectivity index (χ0n) is 11.7. The van der Waals surface area contributed by atoms with E-state index in [9.17, 15) is 5.11 Å². The maximum atomic E-state index is 9.53. The molecule has 1 aromatic heterocycles. The molecule has 0 aliphatic carbocycles. The van der Waals surface area contributed by atoms with Crippen molar-refractivity contribution >= 4 is 26.7 Å². The SMILES string of the molecule is C=CC[N+]1(C)CCN(c2nc3ccc(O)cc3s2)CC1. The van der Waals surface area contributed by atoms with Crippen molar-refractivity contribution in [2.75, 3.05) is 44.7 Å². The van der Waals surface area contributed by atoms with Gasteiger partial charge in [0.2, 0.25) is 0 Å². The van der Waals surface area contributed by atoms with E-state index >= 15 is 0 Å². The van der Waals surface area contributed by atoms with Crippen LogP contribution in [-0.2, 0) is 0 Å². The number of aromatic hydroxyl groups is 1. The van der Waals surface area contributed by atoms with E-state index in [0.29, 0.717) is 5.75 Å². The van der Waals surface area contributed by atoms with Gasteiger partial charge in [-0.1, -0.05) is 17.9 Å². The number of thiazole rings is 1. The Morgan fingerprint density at radius 1 is 1.45 bits per heavy atom. The summed E-state index contributed by atoms with van der Waals surface area (Å²) in [7, 11) is 2.29. The number of rotatable bonds is 3. The second kappa shape index (κ2) is 5.07. The Hall–Kier alpha value is -1.59. The van der Waals surface area contributed by atoms with Crippen molar-refractivity contribution in [2.45, 2.75) is 0 Å². The Bertz CT molecular complexity index is 629. The van der Waals surface area contributed by atoms with Gasteiger partial charge in [-0.05, 0) is 24.3 Å². The monoisotopic (exact) mass is 290 g/mol. The van der Waals surface area contributed by atoms with Crippen molar-refractivity contribution in [1.29, 1.82) is 0 Å². The number of benzene rings is 1. The third-order valence-corrected chi connectivity index (χ3v) is 5.10. The molecular weight excluding hydrogens is 270 g/mol. The van der Waals surface area contributed by atoms with E-state index in [2.05, 4.69) is 23.5 Å². The fourth-order valence-corrected chi connectivity index (χ4v) is 3.72. The van der Waals surface area contributed by atoms with E-state index in [1.54, 1.807) is 23.5 Å². The standard InChI is InChI=1S/C15H19N3OS/c1-3-8-18(2)9-6-17(7-10-18)15-16-13-5-4-12(19)11-14(13)20-15/h3-5,11H,1,6-10H2,2H3/p+1. The van der Waals surface area contributed by atoms with Gasteiger partial charge >= 0.3 is 0 Å². The molecule has 0 unspecified atom stereocenters. The van der Waals surface area contributed by atoms with E-state index in [0.717, 1.165) is 52.6 Å². The minimum absolute atomic E-state index is 0.307. The van der Waals surface area contributed by atoms with Crippen LogP contribution >= 0.6 is 11.3 Å². The molecule has 1 saturated heterocycles. The molecule has 0 radical (unpaired) electrons. The van der Waals surface area contributed by atoms with Crippen molar-refractivity contribution in [3.8, 4) is 5.75 Å². The lowest BCUT2D eigenvalue weighted by molar-refractivity contribution is -0.904. The summed E-state index contributed by atoms with van der Waals surface area (Å²) in [6.07, 6.45) is 2.01. The van der Waals surface area contributed by atoms with Gasteiger partial charge < -0.3 is 14.5 Å². The predicted octanol–water partition coefficient (Wildman–Crippen LogP) is 2.45. The fraction of sp³-hybridized carbons (Fsp3) is 0.400. The molecule has 1 N–H and O–H groups in total. The molecule has 3 rings (SSSR count). The van der Waals surface area contributed by atoms with Crippen LogP contribution in [0.2, 0.25) is 0 Å². The Kier molecular flexibility index (Phi) is 3.40. The molecule has 20 heavy (non-hydrogen) atoms. The van der Waals surface area contributed by atoms with Crippen LogP contribution in [-0.4, -0.2) is 54.3 Å². The molecular formula is C15H20N3OS+. The highest BCUT2D eigenvalue weighted by atomic mass is 32.1. The zero-order valence-corrected chi connectivity index (χ0v) is 12.6. The van der Waals surface area contributed by atoms with Crippen molar-refractivity contribution in [3.05, 3.63) is 30.9 Å². The van der Waals surface area contributed by atoms with Gasteiger partial charge in [-0.25, -0.2) is 4.98 Å². The number of fused-ring (bicyclic) bond motifs is 1. The minimum Gasteiger partial charge on any atom is -0.508 e. The number of anilines is 1. The average molecular weight is 290 g/mol. The van der Waals surface area contributed by atoms with Gasteiger partial charge in [0.25, 0.3) is 0 Å². The number of phenolic OH excluding ortho intramolecular Hbond substituents is 1. The Morgan fingerprint density at radius 2 is 2.20 bits per heavy atom. The second-order valence-electron chi connectivity index (χ2n) is 5.67. The first-order valence-corrected chi connectivity index (χ1v) is 7.70. The highest BCUT2D eigenvalue weighted by molar-refractivity contribution is 7.22. The van der Waals surface area contributed by atoms with Crippen LogP contribution in [0.1, 0.15) is 0 Å². The molecule has 4 nitrogen and oxygen atoms in total. The number of likely N-dealkylation sites (N-methyl/N-ethyl adjacent to an activating group) is 1. The molecule has 5 heteroatoms. The maximum absolute atomic E-state index is 9.53. The lowest BCUT2D eigenvalue weighted by Crippen LogP contribution is -2.57. The topological polar surface area (TPSA) is 36.4 Å². The van der Waals surface area contributed by atoms with E-state index in [4.69, 9.17) is 0 Å². The van der Waals surface area contributed by atoms with Crippen molar-refractivity contribution < 1.29 is 9.59 Å². The first-order chi connectivity index (χ1) is 9.59. The molecule has 1 aliphatic heterocycles. The summed E-state index contributed by atoms with van der Waals surface area (Å²) < 4.78 is 2.11. The molecule has 1 aliphatic rings. The molecule has 0 saturated carbocycles. The number of quaternary nitrogens is 1. The third-order valence-electron chi connectivity index (χ3n) is 4.02. The smallest absolute Gasteiger partial charge is 0.186 e. The summed E-state index contributed by atoms with van der Waals surface area (Å²) in [6.45, 7) is 9.16. The first-order valence-electron chi connectivity index (χ1n) is 6.89. The summed E-state index contributed by atoms with van der Waals surface area (Å²) in [6, 6.07) is 5.37. The maximum Gasteiger partial charge on any atom is 0.186 e. The Morgan fingerprint density at radius 3 is 2.90 bits per heavy atom. The van der Waals surface area contributed by atoms with Gasteiger partial charge in [0.1, 0.15) is 5.75 Å². The lowest BCUT2D eigenvalue weighted by atomic mass is 10.2. The van der Waals surface area contributed by atoms with Gasteiger partial charge in [0, 0.05) is 0 Å². The largest absolute Gasteiger partial charge is 0.508 e. The van der Waals surface area contributed by atoms with Crippen LogP contribution in [0.15, 0.2) is 30.9 Å². The highest BCUT2D eigenvalue weighted by Gasteiger charge is 2.28. The summed E-state index contributed by atoms with van der Waals surface area (Å²) in [5.41, 5.74) is 0.969. The van der Waals surface area contributed by atoms with Crippen LogP contribution in [0.25, 0.3) is 10.2 Å². The third kappa shape index (κ3) is 2.51. The van der Waals surface area contributed by atoms with Crippen LogP contribution in [0.3, 0.4) is 0 Å².